The normalized spacial score (nSPS) is 27.6. The van der Waals surface area contributed by atoms with E-state index in [1.54, 1.807) is 0 Å². The number of hydrogen-bond donors (Lipinski definition) is 1. The molecule has 2 saturated heterocycles. The van der Waals surface area contributed by atoms with E-state index in [9.17, 15) is 0 Å². The van der Waals surface area contributed by atoms with Crippen molar-refractivity contribution in [3.63, 3.8) is 0 Å². The molecule has 0 spiro atoms. The molecule has 0 radical (unpaired) electrons. The second-order valence-electron chi connectivity index (χ2n) is 6.70. The topological polar surface area (TPSA) is 24.5 Å². The highest BCUT2D eigenvalue weighted by Crippen LogP contribution is 2.21. The van der Waals surface area contributed by atoms with Gasteiger partial charge >= 0.3 is 0 Å². The highest BCUT2D eigenvalue weighted by molar-refractivity contribution is 4.79. The van der Waals surface area contributed by atoms with E-state index >= 15 is 0 Å². The molecule has 118 valence electrons. The predicted molar refractivity (Wildman–Crippen MR) is 85.1 cm³/mol. The van der Waals surface area contributed by atoms with Gasteiger partial charge in [0.25, 0.3) is 0 Å². The van der Waals surface area contributed by atoms with Crippen LogP contribution in [0.5, 0.6) is 0 Å². The van der Waals surface area contributed by atoms with Crippen molar-refractivity contribution >= 4 is 0 Å². The molecule has 2 heterocycles. The Hall–Kier alpha value is -0.120. The van der Waals surface area contributed by atoms with Crippen molar-refractivity contribution in [2.45, 2.75) is 70.9 Å². The van der Waals surface area contributed by atoms with Crippen molar-refractivity contribution in [1.29, 1.82) is 0 Å². The van der Waals surface area contributed by atoms with Crippen LogP contribution in [0.2, 0.25) is 0 Å². The van der Waals surface area contributed by atoms with Crippen LogP contribution < -0.4 is 5.32 Å². The lowest BCUT2D eigenvalue weighted by Crippen LogP contribution is -2.42. The van der Waals surface area contributed by atoms with Crippen LogP contribution in [-0.2, 0) is 4.74 Å². The maximum Gasteiger partial charge on any atom is 0.0587 e. The molecule has 2 fully saturated rings. The van der Waals surface area contributed by atoms with Gasteiger partial charge in [0.1, 0.15) is 0 Å². The van der Waals surface area contributed by atoms with Gasteiger partial charge in [0, 0.05) is 12.6 Å². The van der Waals surface area contributed by atoms with Gasteiger partial charge in [-0.2, -0.15) is 0 Å². The van der Waals surface area contributed by atoms with Crippen LogP contribution in [0.3, 0.4) is 0 Å². The smallest absolute Gasteiger partial charge is 0.0587 e. The maximum atomic E-state index is 5.80. The summed E-state index contributed by atoms with van der Waals surface area (Å²) in [5.74, 6) is 0.871. The molecule has 1 N–H and O–H groups in total. The van der Waals surface area contributed by atoms with Crippen LogP contribution in [0.15, 0.2) is 0 Å². The Morgan fingerprint density at radius 2 is 2.00 bits per heavy atom. The third-order valence-electron chi connectivity index (χ3n) is 5.09. The van der Waals surface area contributed by atoms with Crippen LogP contribution in [-0.4, -0.2) is 49.8 Å². The predicted octanol–water partition coefficient (Wildman–Crippen LogP) is 3.05. The highest BCUT2D eigenvalue weighted by Gasteiger charge is 2.23. The van der Waals surface area contributed by atoms with Gasteiger partial charge in [-0.25, -0.2) is 0 Å². The Morgan fingerprint density at radius 3 is 2.65 bits per heavy atom. The molecule has 0 aromatic heterocycles. The summed E-state index contributed by atoms with van der Waals surface area (Å²) in [5.41, 5.74) is 0. The van der Waals surface area contributed by atoms with Crippen molar-refractivity contribution in [3.05, 3.63) is 0 Å². The summed E-state index contributed by atoms with van der Waals surface area (Å²) in [5, 5.41) is 3.75. The molecule has 2 rings (SSSR count). The molecule has 0 saturated carbocycles. The summed E-state index contributed by atoms with van der Waals surface area (Å²) in [6, 6.07) is 0.669. The maximum absolute atomic E-state index is 5.80. The minimum absolute atomic E-state index is 0.523. The number of rotatable bonds is 7. The van der Waals surface area contributed by atoms with Crippen LogP contribution in [0, 0.1) is 5.92 Å². The van der Waals surface area contributed by atoms with Crippen LogP contribution in [0.25, 0.3) is 0 Å². The first-order chi connectivity index (χ1) is 9.79. The molecule has 0 aromatic carbocycles. The Labute approximate surface area is 125 Å². The number of ether oxygens (including phenoxy) is 1. The molecule has 2 unspecified atom stereocenters. The van der Waals surface area contributed by atoms with Crippen molar-refractivity contribution in [2.24, 2.45) is 5.92 Å². The number of likely N-dealkylation sites (tertiary alicyclic amines) is 1. The minimum Gasteiger partial charge on any atom is -0.378 e. The average Bonchev–Trinajstić information content (AvgIpc) is 2.49. The number of hydrogen-bond acceptors (Lipinski definition) is 3. The zero-order chi connectivity index (χ0) is 14.2. The standard InChI is InChI=1S/C17H34N2O/c1-3-11-19-12-8-16(9-13-19)15(2)18-10-7-17-6-4-5-14-20-17/h15-18H,3-14H2,1-2H3. The van der Waals surface area contributed by atoms with Gasteiger partial charge in [0.05, 0.1) is 6.10 Å². The van der Waals surface area contributed by atoms with Gasteiger partial charge in [0.2, 0.25) is 0 Å². The van der Waals surface area contributed by atoms with Gasteiger partial charge in [-0.3, -0.25) is 0 Å². The van der Waals surface area contributed by atoms with E-state index in [1.165, 1.54) is 64.6 Å². The molecule has 3 nitrogen and oxygen atoms in total. The van der Waals surface area contributed by atoms with Gasteiger partial charge < -0.3 is 15.0 Å². The van der Waals surface area contributed by atoms with Crippen LogP contribution >= 0.6 is 0 Å². The van der Waals surface area contributed by atoms with Crippen molar-refractivity contribution in [1.82, 2.24) is 10.2 Å². The molecule has 2 aliphatic heterocycles. The molecule has 0 aliphatic carbocycles. The summed E-state index contributed by atoms with van der Waals surface area (Å²) < 4.78 is 5.80. The number of nitrogens with zero attached hydrogens (tertiary/aromatic N) is 1. The van der Waals surface area contributed by atoms with E-state index in [0.29, 0.717) is 12.1 Å². The van der Waals surface area contributed by atoms with E-state index < -0.39 is 0 Å². The summed E-state index contributed by atoms with van der Waals surface area (Å²) >= 11 is 0. The van der Waals surface area contributed by atoms with Crippen LogP contribution in [0.1, 0.15) is 58.8 Å². The molecule has 0 bridgehead atoms. The van der Waals surface area contributed by atoms with Crippen molar-refractivity contribution in [3.8, 4) is 0 Å². The molecule has 0 amide bonds. The molecule has 2 atom stereocenters. The third-order valence-corrected chi connectivity index (χ3v) is 5.09. The molecule has 0 aromatic rings. The first kappa shape index (κ1) is 16.3. The molecule has 3 heteroatoms. The highest BCUT2D eigenvalue weighted by atomic mass is 16.5. The molecule has 20 heavy (non-hydrogen) atoms. The zero-order valence-corrected chi connectivity index (χ0v) is 13.6. The fourth-order valence-corrected chi connectivity index (χ4v) is 3.67. The molecular weight excluding hydrogens is 248 g/mol. The Morgan fingerprint density at radius 1 is 1.20 bits per heavy atom. The Balaban J connectivity index is 1.56. The van der Waals surface area contributed by atoms with E-state index in [-0.39, 0.29) is 0 Å². The fourth-order valence-electron chi connectivity index (χ4n) is 3.67. The first-order valence-electron chi connectivity index (χ1n) is 8.87. The van der Waals surface area contributed by atoms with Crippen molar-refractivity contribution in [2.75, 3.05) is 32.8 Å². The lowest BCUT2D eigenvalue weighted by molar-refractivity contribution is 0.0108. The van der Waals surface area contributed by atoms with Gasteiger partial charge in [0.15, 0.2) is 0 Å². The quantitative estimate of drug-likeness (QED) is 0.777. The number of nitrogens with one attached hydrogen (secondary N) is 1. The average molecular weight is 282 g/mol. The molecular formula is C17H34N2O. The van der Waals surface area contributed by atoms with Crippen molar-refractivity contribution < 1.29 is 4.74 Å². The van der Waals surface area contributed by atoms with Crippen LogP contribution in [0.4, 0.5) is 0 Å². The van der Waals surface area contributed by atoms with Gasteiger partial charge in [-0.1, -0.05) is 6.92 Å². The van der Waals surface area contributed by atoms with Gasteiger partial charge in [-0.05, 0) is 84.0 Å². The van der Waals surface area contributed by atoms with E-state index in [0.717, 1.165) is 19.1 Å². The lowest BCUT2D eigenvalue weighted by Gasteiger charge is -2.35. The minimum atomic E-state index is 0.523. The largest absolute Gasteiger partial charge is 0.378 e. The summed E-state index contributed by atoms with van der Waals surface area (Å²) in [6.45, 7) is 10.7. The third kappa shape index (κ3) is 5.34. The zero-order valence-electron chi connectivity index (χ0n) is 13.6. The van der Waals surface area contributed by atoms with E-state index in [1.807, 2.05) is 0 Å². The van der Waals surface area contributed by atoms with E-state index in [2.05, 4.69) is 24.1 Å². The van der Waals surface area contributed by atoms with E-state index in [4.69, 9.17) is 4.74 Å². The lowest BCUT2D eigenvalue weighted by atomic mass is 9.90. The monoisotopic (exact) mass is 282 g/mol. The Bertz CT molecular complexity index is 245. The number of piperidine rings is 1. The SMILES string of the molecule is CCCN1CCC(C(C)NCCC2CCCCO2)CC1. The summed E-state index contributed by atoms with van der Waals surface area (Å²) in [6.07, 6.45) is 9.63. The van der Waals surface area contributed by atoms with Gasteiger partial charge in [-0.15, -0.1) is 0 Å². The second-order valence-corrected chi connectivity index (χ2v) is 6.70. The second kappa shape index (κ2) is 9.01. The fraction of sp³-hybridized carbons (Fsp3) is 1.00. The first-order valence-corrected chi connectivity index (χ1v) is 8.87. The summed E-state index contributed by atoms with van der Waals surface area (Å²) in [4.78, 5) is 2.62. The summed E-state index contributed by atoms with van der Waals surface area (Å²) in [7, 11) is 0. The molecule has 2 aliphatic rings. The Kier molecular flexibility index (Phi) is 7.32.